The standard InChI is InChI=1S/C26H31N3O5S/c1-29-13-21(19-5-6-27-24(19)25(29)31)20-9-18(28-35(2,32)33)3-4-23(20)34-26-10-15-7-16(11-26)22(14-30)17(8-15)12-26/h3-6,9,13,15-17,22,27-28,30H,7-8,10-12,14H2,1-2H3/i1D3. The van der Waals surface area contributed by atoms with Crippen LogP contribution in [-0.4, -0.2) is 41.5 Å². The molecule has 4 bridgehead atoms. The summed E-state index contributed by atoms with van der Waals surface area (Å²) in [6.07, 6.45) is 8.73. The Morgan fingerprint density at radius 3 is 2.69 bits per heavy atom. The summed E-state index contributed by atoms with van der Waals surface area (Å²) < 4.78 is 57.8. The molecule has 0 amide bonds. The molecule has 2 unspecified atom stereocenters. The monoisotopic (exact) mass is 500 g/mol. The van der Waals surface area contributed by atoms with Crippen molar-refractivity contribution in [3.05, 3.63) is 47.0 Å². The van der Waals surface area contributed by atoms with Gasteiger partial charge < -0.3 is 19.4 Å². The molecule has 2 heterocycles. The van der Waals surface area contributed by atoms with Gasteiger partial charge in [-0.1, -0.05) is 0 Å². The molecule has 0 spiro atoms. The van der Waals surface area contributed by atoms with Gasteiger partial charge in [-0.3, -0.25) is 9.52 Å². The maximum absolute atomic E-state index is 12.9. The molecule has 186 valence electrons. The lowest BCUT2D eigenvalue weighted by atomic mass is 9.50. The molecule has 0 aliphatic heterocycles. The average Bonchev–Trinajstić information content (AvgIpc) is 3.29. The van der Waals surface area contributed by atoms with E-state index >= 15 is 0 Å². The van der Waals surface area contributed by atoms with Gasteiger partial charge in [-0.15, -0.1) is 0 Å². The molecule has 3 aromatic rings. The van der Waals surface area contributed by atoms with Gasteiger partial charge in [0.1, 0.15) is 16.9 Å². The number of aromatic amines is 1. The van der Waals surface area contributed by atoms with Crippen molar-refractivity contribution in [2.24, 2.45) is 30.6 Å². The van der Waals surface area contributed by atoms with Gasteiger partial charge >= 0.3 is 0 Å². The molecule has 4 aliphatic rings. The molecule has 1 aromatic carbocycles. The normalized spacial score (nSPS) is 31.2. The summed E-state index contributed by atoms with van der Waals surface area (Å²) in [4.78, 5) is 15.8. The summed E-state index contributed by atoms with van der Waals surface area (Å²) in [7, 11) is -3.58. The molecule has 4 aliphatic carbocycles. The molecule has 4 saturated carbocycles. The predicted molar refractivity (Wildman–Crippen MR) is 135 cm³/mol. The number of anilines is 1. The van der Waals surface area contributed by atoms with Crippen molar-refractivity contribution < 1.29 is 22.4 Å². The van der Waals surface area contributed by atoms with E-state index in [1.54, 1.807) is 30.5 Å². The Morgan fingerprint density at radius 1 is 1.23 bits per heavy atom. The van der Waals surface area contributed by atoms with Crippen molar-refractivity contribution in [1.29, 1.82) is 0 Å². The molecule has 8 nitrogen and oxygen atoms in total. The molecule has 35 heavy (non-hydrogen) atoms. The van der Waals surface area contributed by atoms with Crippen molar-refractivity contribution in [1.82, 2.24) is 9.55 Å². The number of aliphatic hydroxyl groups excluding tert-OH is 1. The van der Waals surface area contributed by atoms with Crippen molar-refractivity contribution in [2.45, 2.75) is 37.7 Å². The fourth-order valence-electron chi connectivity index (χ4n) is 7.18. The molecule has 4 fully saturated rings. The lowest BCUT2D eigenvalue weighted by Crippen LogP contribution is -2.58. The number of sulfonamides is 1. The summed E-state index contributed by atoms with van der Waals surface area (Å²) in [5.74, 6) is 2.14. The van der Waals surface area contributed by atoms with Crippen molar-refractivity contribution >= 4 is 26.6 Å². The van der Waals surface area contributed by atoms with Crippen LogP contribution in [0, 0.1) is 23.7 Å². The summed E-state index contributed by atoms with van der Waals surface area (Å²) in [6, 6.07) is 6.68. The third-order valence-corrected chi connectivity index (χ3v) is 8.86. The number of aryl methyl sites for hydroxylation is 1. The maximum Gasteiger partial charge on any atom is 0.274 e. The van der Waals surface area contributed by atoms with E-state index in [1.165, 1.54) is 6.20 Å². The highest BCUT2D eigenvalue weighted by Crippen LogP contribution is 2.59. The highest BCUT2D eigenvalue weighted by molar-refractivity contribution is 7.92. The molecule has 0 saturated heterocycles. The number of aliphatic hydroxyl groups is 1. The summed E-state index contributed by atoms with van der Waals surface area (Å²) in [5, 5.41) is 10.5. The first kappa shape index (κ1) is 19.4. The molecule has 7 rings (SSSR count). The molecule has 2 aromatic heterocycles. The number of nitrogens with one attached hydrogen (secondary N) is 2. The summed E-state index contributed by atoms with van der Waals surface area (Å²) in [6.45, 7) is -2.52. The van der Waals surface area contributed by atoms with Crippen LogP contribution in [0.1, 0.15) is 36.2 Å². The van der Waals surface area contributed by atoms with Gasteiger partial charge in [-0.25, -0.2) is 8.42 Å². The van der Waals surface area contributed by atoms with Crippen LogP contribution < -0.4 is 15.0 Å². The van der Waals surface area contributed by atoms with Crippen LogP contribution in [-0.2, 0) is 17.0 Å². The topological polar surface area (TPSA) is 113 Å². The Morgan fingerprint density at radius 2 is 2.00 bits per heavy atom. The van der Waals surface area contributed by atoms with Gasteiger partial charge in [0.2, 0.25) is 10.0 Å². The second-order valence-corrected chi connectivity index (χ2v) is 12.4. The van der Waals surface area contributed by atoms with E-state index in [-0.39, 0.29) is 12.1 Å². The molecular formula is C26H31N3O5S. The molecule has 2 atom stereocenters. The number of ether oxygens (including phenoxy) is 1. The van der Waals surface area contributed by atoms with E-state index in [2.05, 4.69) is 9.71 Å². The Hall–Kier alpha value is -2.78. The number of pyridine rings is 1. The number of fused-ring (bicyclic) bond motifs is 1. The SMILES string of the molecule is [2H]C([2H])([2H])n1cc(-c2cc(NS(C)(=O)=O)ccc2OC23CC4CC(C2)C(CO)C(C4)C3)c2cc[nH]c2c1=O. The molecule has 9 heteroatoms. The van der Waals surface area contributed by atoms with Crippen molar-refractivity contribution in [2.75, 3.05) is 17.6 Å². The Bertz CT molecular complexity index is 1560. The van der Waals surface area contributed by atoms with Crippen LogP contribution >= 0.6 is 0 Å². The largest absolute Gasteiger partial charge is 0.487 e. The van der Waals surface area contributed by atoms with E-state index in [0.717, 1.165) is 42.9 Å². The predicted octanol–water partition coefficient (Wildman–Crippen LogP) is 3.47. The number of nitrogens with zero attached hydrogens (tertiary/aromatic N) is 1. The van der Waals surface area contributed by atoms with Gasteiger partial charge in [0.25, 0.3) is 5.56 Å². The highest BCUT2D eigenvalue weighted by Gasteiger charge is 2.56. The smallest absolute Gasteiger partial charge is 0.274 e. The Labute approximate surface area is 208 Å². The second-order valence-electron chi connectivity index (χ2n) is 10.7. The third-order valence-electron chi connectivity index (χ3n) is 8.25. The van der Waals surface area contributed by atoms with Crippen LogP contribution in [0.25, 0.3) is 22.0 Å². The Balaban J connectivity index is 1.50. The van der Waals surface area contributed by atoms with Crippen LogP contribution in [0.15, 0.2) is 41.5 Å². The number of hydrogen-bond acceptors (Lipinski definition) is 5. The molecule has 0 radical (unpaired) electrons. The highest BCUT2D eigenvalue weighted by atomic mass is 32.2. The zero-order valence-corrected chi connectivity index (χ0v) is 20.3. The van der Waals surface area contributed by atoms with Gasteiger partial charge in [0.15, 0.2) is 0 Å². The minimum Gasteiger partial charge on any atom is -0.487 e. The molecular weight excluding hydrogens is 466 g/mol. The van der Waals surface area contributed by atoms with Crippen molar-refractivity contribution in [3.63, 3.8) is 0 Å². The first-order valence-corrected chi connectivity index (χ1v) is 13.9. The fourth-order valence-corrected chi connectivity index (χ4v) is 7.74. The van der Waals surface area contributed by atoms with Gasteiger partial charge in [-0.2, -0.15) is 0 Å². The lowest BCUT2D eigenvalue weighted by molar-refractivity contribution is -0.145. The zero-order chi connectivity index (χ0) is 27.0. The number of benzene rings is 1. The third kappa shape index (κ3) is 3.85. The maximum atomic E-state index is 12.9. The van der Waals surface area contributed by atoms with E-state index in [0.29, 0.717) is 51.6 Å². The first-order chi connectivity index (χ1) is 17.9. The van der Waals surface area contributed by atoms with Crippen LogP contribution in [0.4, 0.5) is 5.69 Å². The Kier molecular flexibility index (Phi) is 4.36. The van der Waals surface area contributed by atoms with Crippen LogP contribution in [0.2, 0.25) is 0 Å². The van der Waals surface area contributed by atoms with Gasteiger partial charge in [0.05, 0.1) is 6.26 Å². The minimum atomic E-state index is -3.58. The van der Waals surface area contributed by atoms with Crippen LogP contribution in [0.3, 0.4) is 0 Å². The van der Waals surface area contributed by atoms with Crippen molar-refractivity contribution in [3.8, 4) is 16.9 Å². The van der Waals surface area contributed by atoms with Crippen LogP contribution in [0.5, 0.6) is 5.75 Å². The quantitative estimate of drug-likeness (QED) is 0.480. The van der Waals surface area contributed by atoms with Gasteiger partial charge in [0, 0.05) is 52.3 Å². The fraction of sp³-hybridized carbons (Fsp3) is 0.500. The second kappa shape index (κ2) is 7.86. The van der Waals surface area contributed by atoms with E-state index in [9.17, 15) is 18.3 Å². The minimum absolute atomic E-state index is 0.145. The van der Waals surface area contributed by atoms with E-state index in [4.69, 9.17) is 8.85 Å². The zero-order valence-electron chi connectivity index (χ0n) is 22.5. The number of aromatic nitrogens is 2. The number of H-pyrrole nitrogens is 1. The van der Waals surface area contributed by atoms with Gasteiger partial charge in [-0.05, 0) is 80.0 Å². The first-order valence-electron chi connectivity index (χ1n) is 13.5. The summed E-state index contributed by atoms with van der Waals surface area (Å²) in [5.41, 5.74) is 0.316. The molecule has 3 N–H and O–H groups in total. The lowest BCUT2D eigenvalue weighted by Gasteiger charge is -2.59. The average molecular weight is 501 g/mol. The number of hydrogen-bond donors (Lipinski definition) is 3. The van der Waals surface area contributed by atoms with E-state index in [1.807, 2.05) is 0 Å². The van der Waals surface area contributed by atoms with E-state index < -0.39 is 28.2 Å². The summed E-state index contributed by atoms with van der Waals surface area (Å²) >= 11 is 0. The number of rotatable bonds is 6.